The van der Waals surface area contributed by atoms with Crippen LogP contribution in [0, 0.1) is 20.2 Å². The molecule has 0 aliphatic rings. The van der Waals surface area contributed by atoms with Crippen LogP contribution < -0.4 is 5.73 Å². The summed E-state index contributed by atoms with van der Waals surface area (Å²) < 4.78 is 12.7. The number of nitro groups is 2. The molecule has 0 bridgehead atoms. The van der Waals surface area contributed by atoms with Crippen LogP contribution in [0.3, 0.4) is 0 Å². The molecule has 0 fully saturated rings. The summed E-state index contributed by atoms with van der Waals surface area (Å²) in [6.45, 7) is 0. The number of nitrogen functional groups attached to an aromatic ring is 1. The van der Waals surface area contributed by atoms with E-state index in [9.17, 15) is 20.2 Å². The van der Waals surface area contributed by atoms with Gasteiger partial charge in [-0.2, -0.15) is 9.78 Å². The van der Waals surface area contributed by atoms with Gasteiger partial charge in [0.1, 0.15) is 23.0 Å². The number of rotatable bonds is 8. The van der Waals surface area contributed by atoms with Crippen molar-refractivity contribution in [2.75, 3.05) is 5.73 Å². The van der Waals surface area contributed by atoms with Gasteiger partial charge < -0.3 is 14.6 Å². The number of aromatic nitrogens is 3. The Morgan fingerprint density at radius 3 is 1.74 bits per heavy atom. The molecule has 0 spiro atoms. The second-order valence-electron chi connectivity index (χ2n) is 7.68. The SMILES string of the molecule is Nc1nnc(/N=C/c2ccc(-c3ccc([N+](=O)[O-])cc3)o2)n1/N=C/c1ccc(-c2ccc([N+](=O)[O-])cc2)o1. The topological polar surface area (TPSA) is 194 Å². The largest absolute Gasteiger partial charge is 0.455 e. The van der Waals surface area contributed by atoms with Crippen molar-refractivity contribution in [3.63, 3.8) is 0 Å². The third kappa shape index (κ3) is 5.03. The monoisotopic (exact) mass is 512 g/mol. The summed E-state index contributed by atoms with van der Waals surface area (Å²) >= 11 is 0. The average Bonchev–Trinajstić information content (AvgIpc) is 3.67. The highest BCUT2D eigenvalue weighted by Gasteiger charge is 2.11. The molecular weight excluding hydrogens is 496 g/mol. The zero-order chi connectivity index (χ0) is 26.6. The lowest BCUT2D eigenvalue weighted by atomic mass is 10.1. The second-order valence-corrected chi connectivity index (χ2v) is 7.68. The second kappa shape index (κ2) is 9.98. The Hall–Kier alpha value is -5.92. The molecule has 38 heavy (non-hydrogen) atoms. The van der Waals surface area contributed by atoms with Crippen molar-refractivity contribution in [3.8, 4) is 22.6 Å². The van der Waals surface area contributed by atoms with Gasteiger partial charge in [0.05, 0.1) is 22.3 Å². The van der Waals surface area contributed by atoms with Gasteiger partial charge in [-0.3, -0.25) is 20.2 Å². The summed E-state index contributed by atoms with van der Waals surface area (Å²) in [6, 6.07) is 18.7. The van der Waals surface area contributed by atoms with Crippen molar-refractivity contribution in [1.82, 2.24) is 14.9 Å². The van der Waals surface area contributed by atoms with Crippen LogP contribution in [0.4, 0.5) is 23.3 Å². The average molecular weight is 512 g/mol. The number of benzene rings is 2. The first-order chi connectivity index (χ1) is 18.4. The van der Waals surface area contributed by atoms with Crippen LogP contribution in [0.2, 0.25) is 0 Å². The Bertz CT molecular complexity index is 1680. The molecule has 0 saturated carbocycles. The minimum atomic E-state index is -0.475. The van der Waals surface area contributed by atoms with E-state index in [4.69, 9.17) is 14.6 Å². The lowest BCUT2D eigenvalue weighted by Gasteiger charge is -1.97. The fraction of sp³-hybridized carbons (Fsp3) is 0. The van der Waals surface area contributed by atoms with Gasteiger partial charge in [0.2, 0.25) is 5.95 Å². The first kappa shape index (κ1) is 23.8. The van der Waals surface area contributed by atoms with Crippen LogP contribution in [-0.4, -0.2) is 37.1 Å². The molecule has 2 N–H and O–H groups in total. The molecule has 0 unspecified atom stereocenters. The number of furan rings is 2. The van der Waals surface area contributed by atoms with Gasteiger partial charge in [-0.1, -0.05) is 0 Å². The molecule has 14 heteroatoms. The lowest BCUT2D eigenvalue weighted by molar-refractivity contribution is -0.385. The van der Waals surface area contributed by atoms with Gasteiger partial charge >= 0.3 is 0 Å². The first-order valence-corrected chi connectivity index (χ1v) is 10.9. The third-order valence-corrected chi connectivity index (χ3v) is 5.23. The molecule has 3 heterocycles. The van der Waals surface area contributed by atoms with Gasteiger partial charge in [0, 0.05) is 35.4 Å². The maximum Gasteiger partial charge on any atom is 0.273 e. The van der Waals surface area contributed by atoms with Gasteiger partial charge in [-0.15, -0.1) is 10.2 Å². The van der Waals surface area contributed by atoms with Gasteiger partial charge in [0.15, 0.2) is 0 Å². The predicted molar refractivity (Wildman–Crippen MR) is 136 cm³/mol. The molecule has 2 aromatic carbocycles. The first-order valence-electron chi connectivity index (χ1n) is 10.9. The Balaban J connectivity index is 1.30. The third-order valence-electron chi connectivity index (χ3n) is 5.23. The van der Waals surface area contributed by atoms with E-state index in [0.29, 0.717) is 34.2 Å². The number of hydrogen-bond acceptors (Lipinski definition) is 11. The molecule has 0 atom stereocenters. The van der Waals surface area contributed by atoms with Crippen molar-refractivity contribution < 1.29 is 18.7 Å². The standard InChI is InChI=1S/C24H16N8O6/c25-23-28-29-24(26-13-19-9-11-21(37-19)15-1-5-17(6-2-15)31(33)34)30(23)27-14-20-10-12-22(38-20)16-3-7-18(8-4-16)32(35)36/h1-14H,(H2,25,28)/b26-13+,27-14+. The predicted octanol–water partition coefficient (Wildman–Crippen LogP) is 4.83. The lowest BCUT2D eigenvalue weighted by Crippen LogP contribution is -1.97. The number of non-ortho nitro benzene ring substituents is 2. The van der Waals surface area contributed by atoms with E-state index in [0.717, 1.165) is 0 Å². The van der Waals surface area contributed by atoms with Crippen molar-refractivity contribution in [3.05, 3.63) is 105 Å². The van der Waals surface area contributed by atoms with Crippen LogP contribution in [-0.2, 0) is 0 Å². The van der Waals surface area contributed by atoms with E-state index >= 15 is 0 Å². The van der Waals surface area contributed by atoms with E-state index < -0.39 is 9.85 Å². The fourth-order valence-electron chi connectivity index (χ4n) is 3.36. The molecule has 188 valence electrons. The molecule has 0 aliphatic carbocycles. The Morgan fingerprint density at radius 2 is 1.24 bits per heavy atom. The van der Waals surface area contributed by atoms with Crippen molar-refractivity contribution in [2.24, 2.45) is 10.1 Å². The number of nitrogens with zero attached hydrogens (tertiary/aromatic N) is 7. The quantitative estimate of drug-likeness (QED) is 0.172. The summed E-state index contributed by atoms with van der Waals surface area (Å²) in [5.74, 6) is 1.85. The molecule has 3 aromatic heterocycles. The summed E-state index contributed by atoms with van der Waals surface area (Å²) in [4.78, 5) is 24.9. The van der Waals surface area contributed by atoms with Gasteiger partial charge in [-0.05, 0) is 48.5 Å². The van der Waals surface area contributed by atoms with E-state index in [1.54, 1.807) is 48.5 Å². The molecule has 0 saturated heterocycles. The Labute approximate surface area is 212 Å². The molecular formula is C24H16N8O6. The van der Waals surface area contributed by atoms with Crippen LogP contribution in [0.5, 0.6) is 0 Å². The molecule has 0 aliphatic heterocycles. The van der Waals surface area contributed by atoms with Crippen LogP contribution >= 0.6 is 0 Å². The summed E-state index contributed by atoms with van der Waals surface area (Å²) in [5.41, 5.74) is 7.16. The summed E-state index contributed by atoms with van der Waals surface area (Å²) in [7, 11) is 0. The maximum absolute atomic E-state index is 10.8. The molecule has 14 nitrogen and oxygen atoms in total. The Kier molecular flexibility index (Phi) is 6.25. The van der Waals surface area contributed by atoms with Gasteiger partial charge in [0.25, 0.3) is 17.3 Å². The van der Waals surface area contributed by atoms with Crippen LogP contribution in [0.15, 0.2) is 91.7 Å². The van der Waals surface area contributed by atoms with Crippen molar-refractivity contribution >= 4 is 35.7 Å². The molecule has 0 amide bonds. The minimum Gasteiger partial charge on any atom is -0.455 e. The normalized spacial score (nSPS) is 11.5. The number of anilines is 1. The highest BCUT2D eigenvalue weighted by molar-refractivity contribution is 5.80. The van der Waals surface area contributed by atoms with E-state index in [-0.39, 0.29) is 23.3 Å². The highest BCUT2D eigenvalue weighted by atomic mass is 16.6. The van der Waals surface area contributed by atoms with Crippen molar-refractivity contribution in [1.29, 1.82) is 0 Å². The van der Waals surface area contributed by atoms with Crippen LogP contribution in [0.25, 0.3) is 22.6 Å². The number of nitro benzene ring substituents is 2. The van der Waals surface area contributed by atoms with Crippen molar-refractivity contribution in [2.45, 2.75) is 0 Å². The fourth-order valence-corrected chi connectivity index (χ4v) is 3.36. The maximum atomic E-state index is 10.8. The zero-order valence-corrected chi connectivity index (χ0v) is 19.2. The molecule has 5 aromatic rings. The van der Waals surface area contributed by atoms with E-state index in [2.05, 4.69) is 20.3 Å². The number of aliphatic imine (C=N–C) groups is 1. The zero-order valence-electron chi connectivity index (χ0n) is 19.2. The van der Waals surface area contributed by atoms with E-state index in [1.165, 1.54) is 41.4 Å². The van der Waals surface area contributed by atoms with Gasteiger partial charge in [-0.25, -0.2) is 4.99 Å². The number of hydrogen-bond donors (Lipinski definition) is 1. The Morgan fingerprint density at radius 1 is 0.737 bits per heavy atom. The smallest absolute Gasteiger partial charge is 0.273 e. The minimum absolute atomic E-state index is 0.0124. The molecule has 5 rings (SSSR count). The van der Waals surface area contributed by atoms with Crippen LogP contribution in [0.1, 0.15) is 11.5 Å². The summed E-state index contributed by atoms with van der Waals surface area (Å²) in [5, 5.41) is 33.6. The number of nitrogens with two attached hydrogens (primary N) is 1. The van der Waals surface area contributed by atoms with E-state index in [1.807, 2.05) is 0 Å². The summed E-state index contributed by atoms with van der Waals surface area (Å²) in [6.07, 6.45) is 2.80. The highest BCUT2D eigenvalue weighted by Crippen LogP contribution is 2.26. The molecule has 0 radical (unpaired) electrons.